The molecule has 0 fully saturated rings. The maximum Gasteiger partial charge on any atom is 0.258 e. The van der Waals surface area contributed by atoms with Gasteiger partial charge in [-0.15, -0.1) is 12.4 Å². The number of rotatable bonds is 4. The van der Waals surface area contributed by atoms with Gasteiger partial charge in [0.1, 0.15) is 22.5 Å². The zero-order valence-corrected chi connectivity index (χ0v) is 19.3. The Bertz CT molecular complexity index is 1500. The van der Waals surface area contributed by atoms with E-state index in [1.165, 1.54) is 12.3 Å². The van der Waals surface area contributed by atoms with Crippen LogP contribution in [0, 0.1) is 12.7 Å². The molecule has 34 heavy (non-hydrogen) atoms. The molecule has 170 valence electrons. The summed E-state index contributed by atoms with van der Waals surface area (Å²) in [7, 11) is 0. The molecule has 0 unspecified atom stereocenters. The van der Waals surface area contributed by atoms with E-state index in [0.29, 0.717) is 39.1 Å². The molecule has 4 heterocycles. The molecule has 0 aliphatic heterocycles. The van der Waals surface area contributed by atoms with Gasteiger partial charge in [-0.25, -0.2) is 23.9 Å². The Hall–Kier alpha value is -3.88. The standard InChI is InChI=1S/C24H16ClFN6O.ClH/c1-14-11-15(4-6-18(14)26)22-23(32-21(31-22)3-2-9-29-32)16-8-10-27-20(12-16)30-24(33)17-5-7-19(25)28-13-17;/h2-13H,1H3,(H,27,30,33);1H. The highest BCUT2D eigenvalue weighted by Gasteiger charge is 2.18. The number of carbonyl (C=O) groups excluding carboxylic acids is 1. The Morgan fingerprint density at radius 1 is 1.03 bits per heavy atom. The second-order valence-corrected chi connectivity index (χ2v) is 7.71. The van der Waals surface area contributed by atoms with Gasteiger partial charge in [-0.2, -0.15) is 5.10 Å². The average Bonchev–Trinajstić information content (AvgIpc) is 3.21. The molecule has 1 N–H and O–H groups in total. The van der Waals surface area contributed by atoms with Crippen LogP contribution in [0.25, 0.3) is 28.2 Å². The number of nitrogens with zero attached hydrogens (tertiary/aromatic N) is 5. The number of aromatic nitrogens is 5. The van der Waals surface area contributed by atoms with Crippen molar-refractivity contribution in [3.63, 3.8) is 0 Å². The van der Waals surface area contributed by atoms with Gasteiger partial charge in [-0.05, 0) is 67.1 Å². The van der Waals surface area contributed by atoms with Crippen LogP contribution in [0.15, 0.2) is 73.2 Å². The third kappa shape index (κ3) is 4.46. The summed E-state index contributed by atoms with van der Waals surface area (Å²) in [5.41, 5.74) is 4.33. The molecule has 0 bridgehead atoms. The average molecular weight is 495 g/mol. The van der Waals surface area contributed by atoms with Gasteiger partial charge in [-0.1, -0.05) is 11.6 Å². The Morgan fingerprint density at radius 3 is 2.65 bits per heavy atom. The summed E-state index contributed by atoms with van der Waals surface area (Å²) in [6.45, 7) is 1.71. The summed E-state index contributed by atoms with van der Waals surface area (Å²) in [4.78, 5) is 25.5. The quantitative estimate of drug-likeness (QED) is 0.327. The Labute approximate surface area is 205 Å². The molecule has 10 heteroatoms. The van der Waals surface area contributed by atoms with E-state index in [1.54, 1.807) is 66.3 Å². The molecule has 0 atom stereocenters. The van der Waals surface area contributed by atoms with E-state index in [1.807, 2.05) is 6.07 Å². The number of nitrogens with one attached hydrogen (secondary N) is 1. The maximum atomic E-state index is 13.9. The summed E-state index contributed by atoms with van der Waals surface area (Å²) >= 11 is 5.80. The monoisotopic (exact) mass is 494 g/mol. The fraction of sp³-hybridized carbons (Fsp3) is 0.0417. The second-order valence-electron chi connectivity index (χ2n) is 7.32. The molecule has 5 aromatic rings. The lowest BCUT2D eigenvalue weighted by Crippen LogP contribution is -2.13. The van der Waals surface area contributed by atoms with Crippen LogP contribution >= 0.6 is 24.0 Å². The molecule has 0 radical (unpaired) electrons. The van der Waals surface area contributed by atoms with Crippen molar-refractivity contribution in [1.29, 1.82) is 0 Å². The predicted octanol–water partition coefficient (Wildman–Crippen LogP) is 5.63. The van der Waals surface area contributed by atoms with Crippen LogP contribution in [0.3, 0.4) is 0 Å². The van der Waals surface area contributed by atoms with Crippen molar-refractivity contribution in [3.8, 4) is 22.5 Å². The number of hydrogen-bond acceptors (Lipinski definition) is 5. The summed E-state index contributed by atoms with van der Waals surface area (Å²) in [6, 6.07) is 15.2. The molecular formula is C24H17Cl2FN6O. The fourth-order valence-corrected chi connectivity index (χ4v) is 3.60. The molecule has 0 saturated heterocycles. The summed E-state index contributed by atoms with van der Waals surface area (Å²) in [5, 5.41) is 7.51. The van der Waals surface area contributed by atoms with Crippen molar-refractivity contribution in [2.24, 2.45) is 0 Å². The van der Waals surface area contributed by atoms with Crippen LogP contribution in [0.4, 0.5) is 10.2 Å². The molecule has 0 aliphatic rings. The molecule has 0 spiro atoms. The summed E-state index contributed by atoms with van der Waals surface area (Å²) in [6.07, 6.45) is 4.65. The smallest absolute Gasteiger partial charge is 0.258 e. The lowest BCUT2D eigenvalue weighted by molar-refractivity contribution is 0.102. The van der Waals surface area contributed by atoms with E-state index in [2.05, 4.69) is 20.4 Å². The van der Waals surface area contributed by atoms with E-state index in [4.69, 9.17) is 16.6 Å². The third-order valence-electron chi connectivity index (χ3n) is 5.09. The van der Waals surface area contributed by atoms with Gasteiger partial charge in [-0.3, -0.25) is 4.79 Å². The number of fused-ring (bicyclic) bond motifs is 1. The Kier molecular flexibility index (Phi) is 6.54. The summed E-state index contributed by atoms with van der Waals surface area (Å²) < 4.78 is 15.6. The minimum absolute atomic E-state index is 0. The first-order chi connectivity index (χ1) is 16.0. The van der Waals surface area contributed by atoms with Crippen molar-refractivity contribution in [2.45, 2.75) is 6.92 Å². The van der Waals surface area contributed by atoms with Gasteiger partial charge < -0.3 is 5.32 Å². The molecule has 1 amide bonds. The van der Waals surface area contributed by atoms with Crippen LogP contribution in [0.1, 0.15) is 15.9 Å². The van der Waals surface area contributed by atoms with Crippen LogP contribution in [0.5, 0.6) is 0 Å². The SMILES string of the molecule is Cc1cc(-c2nc3cccnn3c2-c2ccnc(NC(=O)c3ccc(Cl)nc3)c2)ccc1F.Cl. The van der Waals surface area contributed by atoms with E-state index in [0.717, 1.165) is 11.1 Å². The maximum absolute atomic E-state index is 13.9. The van der Waals surface area contributed by atoms with Crippen LogP contribution in [-0.2, 0) is 0 Å². The number of imidazole rings is 1. The number of anilines is 1. The zero-order chi connectivity index (χ0) is 22.9. The number of amides is 1. The van der Waals surface area contributed by atoms with Crippen molar-refractivity contribution < 1.29 is 9.18 Å². The molecule has 4 aromatic heterocycles. The summed E-state index contributed by atoms with van der Waals surface area (Å²) in [5.74, 6) is -0.304. The largest absolute Gasteiger partial charge is 0.306 e. The van der Waals surface area contributed by atoms with Gasteiger partial charge in [0.05, 0.1) is 11.3 Å². The topological polar surface area (TPSA) is 85.1 Å². The first-order valence-corrected chi connectivity index (χ1v) is 10.4. The number of halogens is 3. The molecule has 0 saturated carbocycles. The van der Waals surface area contributed by atoms with Crippen molar-refractivity contribution in [2.75, 3.05) is 5.32 Å². The lowest BCUT2D eigenvalue weighted by Gasteiger charge is -2.09. The lowest BCUT2D eigenvalue weighted by atomic mass is 10.0. The predicted molar refractivity (Wildman–Crippen MR) is 131 cm³/mol. The number of pyridine rings is 2. The Morgan fingerprint density at radius 2 is 1.88 bits per heavy atom. The fourth-order valence-electron chi connectivity index (χ4n) is 3.49. The van der Waals surface area contributed by atoms with Gasteiger partial charge in [0.15, 0.2) is 5.65 Å². The molecular weight excluding hydrogens is 478 g/mol. The van der Waals surface area contributed by atoms with Crippen molar-refractivity contribution in [3.05, 3.63) is 95.3 Å². The van der Waals surface area contributed by atoms with Crippen molar-refractivity contribution >= 4 is 41.4 Å². The van der Waals surface area contributed by atoms with E-state index < -0.39 is 0 Å². The van der Waals surface area contributed by atoms with Crippen molar-refractivity contribution in [1.82, 2.24) is 24.6 Å². The van der Waals surface area contributed by atoms with Gasteiger partial charge in [0.2, 0.25) is 0 Å². The Balaban J connectivity index is 0.00000274. The number of hydrogen-bond donors (Lipinski definition) is 1. The zero-order valence-electron chi connectivity index (χ0n) is 17.7. The van der Waals surface area contributed by atoms with Crippen LogP contribution < -0.4 is 5.32 Å². The van der Waals surface area contributed by atoms with Crippen LogP contribution in [-0.4, -0.2) is 30.5 Å². The molecule has 7 nitrogen and oxygen atoms in total. The van der Waals surface area contributed by atoms with Crippen LogP contribution in [0.2, 0.25) is 5.15 Å². The minimum Gasteiger partial charge on any atom is -0.306 e. The number of benzene rings is 1. The van der Waals surface area contributed by atoms with Gasteiger partial charge in [0, 0.05) is 29.7 Å². The second kappa shape index (κ2) is 9.54. The van der Waals surface area contributed by atoms with E-state index in [9.17, 15) is 9.18 Å². The third-order valence-corrected chi connectivity index (χ3v) is 5.31. The first kappa shape index (κ1) is 23.3. The molecule has 5 rings (SSSR count). The molecule has 0 aliphatic carbocycles. The molecule has 1 aromatic carbocycles. The van der Waals surface area contributed by atoms with Gasteiger partial charge in [0.25, 0.3) is 5.91 Å². The van der Waals surface area contributed by atoms with E-state index >= 15 is 0 Å². The van der Waals surface area contributed by atoms with Gasteiger partial charge >= 0.3 is 0 Å². The first-order valence-electron chi connectivity index (χ1n) is 9.99. The minimum atomic E-state index is -0.366. The highest BCUT2D eigenvalue weighted by Crippen LogP contribution is 2.33. The normalized spacial score (nSPS) is 10.7. The number of carbonyl (C=O) groups is 1. The highest BCUT2D eigenvalue weighted by molar-refractivity contribution is 6.29. The highest BCUT2D eigenvalue weighted by atomic mass is 35.5. The number of aryl methyl sites for hydroxylation is 1. The van der Waals surface area contributed by atoms with E-state index in [-0.39, 0.29) is 24.1 Å².